The number of hydrogen-bond donors (Lipinski definition) is 0. The highest BCUT2D eigenvalue weighted by molar-refractivity contribution is 7.89. The van der Waals surface area contributed by atoms with Gasteiger partial charge in [-0.05, 0) is 44.2 Å². The Balaban J connectivity index is 1.63. The molecule has 2 aromatic rings. The topological polar surface area (TPSA) is 84.7 Å². The van der Waals surface area contributed by atoms with Gasteiger partial charge in [0.05, 0.1) is 11.5 Å². The number of aromatic nitrogens is 2. The molecule has 1 aromatic carbocycles. The second-order valence-corrected chi connectivity index (χ2v) is 8.23. The third kappa shape index (κ3) is 4.14. The molecule has 27 heavy (non-hydrogen) atoms. The van der Waals surface area contributed by atoms with E-state index in [2.05, 4.69) is 5.10 Å². The summed E-state index contributed by atoms with van der Waals surface area (Å²) in [5.41, 5.74) is 0. The normalized spacial score (nSPS) is 16.9. The first-order valence-corrected chi connectivity index (χ1v) is 10.4. The van der Waals surface area contributed by atoms with Crippen LogP contribution in [-0.4, -0.2) is 66.1 Å². The number of piperazine rings is 1. The lowest BCUT2D eigenvalue weighted by Gasteiger charge is -2.35. The van der Waals surface area contributed by atoms with Crippen LogP contribution in [0, 0.1) is 0 Å². The Bertz CT molecular complexity index is 857. The van der Waals surface area contributed by atoms with Gasteiger partial charge in [-0.25, -0.2) is 8.42 Å². The molecule has 1 amide bonds. The average molecular weight is 392 g/mol. The van der Waals surface area contributed by atoms with E-state index in [0.29, 0.717) is 25.4 Å². The predicted molar refractivity (Wildman–Crippen MR) is 99.9 cm³/mol. The maximum absolute atomic E-state index is 12.8. The molecular weight excluding hydrogens is 368 g/mol. The Morgan fingerprint density at radius 1 is 1.19 bits per heavy atom. The van der Waals surface area contributed by atoms with Gasteiger partial charge in [-0.2, -0.15) is 9.40 Å². The molecule has 2 heterocycles. The zero-order chi connectivity index (χ0) is 19.4. The molecule has 1 fully saturated rings. The second kappa shape index (κ2) is 8.10. The zero-order valence-electron chi connectivity index (χ0n) is 15.5. The molecule has 0 bridgehead atoms. The summed E-state index contributed by atoms with van der Waals surface area (Å²) in [6, 6.07) is 7.78. The molecule has 0 N–H and O–H groups in total. The summed E-state index contributed by atoms with van der Waals surface area (Å²) in [7, 11) is -3.58. The number of carbonyl (C=O) groups is 1. The maximum Gasteiger partial charge on any atom is 0.247 e. The fraction of sp³-hybridized carbons (Fsp3) is 0.444. The van der Waals surface area contributed by atoms with Crippen molar-refractivity contribution in [2.75, 3.05) is 32.8 Å². The Hall–Kier alpha value is -2.39. The van der Waals surface area contributed by atoms with Gasteiger partial charge in [-0.3, -0.25) is 9.48 Å². The lowest BCUT2D eigenvalue weighted by molar-refractivity contribution is -0.135. The first-order valence-electron chi connectivity index (χ1n) is 8.94. The van der Waals surface area contributed by atoms with Crippen molar-refractivity contribution >= 4 is 15.9 Å². The first kappa shape index (κ1) is 19.4. The quantitative estimate of drug-likeness (QED) is 0.741. The second-order valence-electron chi connectivity index (χ2n) is 6.30. The molecule has 1 aliphatic heterocycles. The van der Waals surface area contributed by atoms with Crippen LogP contribution in [-0.2, 0) is 14.8 Å². The highest BCUT2D eigenvalue weighted by Crippen LogP contribution is 2.21. The number of rotatable bonds is 6. The number of ether oxygens (including phenoxy) is 1. The molecule has 0 unspecified atom stereocenters. The van der Waals surface area contributed by atoms with Crippen molar-refractivity contribution in [3.05, 3.63) is 42.7 Å². The summed E-state index contributed by atoms with van der Waals surface area (Å²) in [4.78, 5) is 14.5. The smallest absolute Gasteiger partial charge is 0.247 e. The van der Waals surface area contributed by atoms with E-state index >= 15 is 0 Å². The highest BCUT2D eigenvalue weighted by Gasteiger charge is 2.31. The Kier molecular flexibility index (Phi) is 5.81. The van der Waals surface area contributed by atoms with Crippen LogP contribution in [0.25, 0.3) is 0 Å². The number of nitrogens with zero attached hydrogens (tertiary/aromatic N) is 4. The third-order valence-corrected chi connectivity index (χ3v) is 6.51. The van der Waals surface area contributed by atoms with Gasteiger partial charge in [0.25, 0.3) is 0 Å². The van der Waals surface area contributed by atoms with Crippen molar-refractivity contribution in [1.29, 1.82) is 0 Å². The summed E-state index contributed by atoms with van der Waals surface area (Å²) in [6.45, 7) is 5.46. The monoisotopic (exact) mass is 392 g/mol. The SMILES string of the molecule is CCOc1ccc(S(=O)(=O)N2CCN(C(=O)[C@@H](C)n3cccn3)CC2)cc1. The summed E-state index contributed by atoms with van der Waals surface area (Å²) in [5, 5.41) is 4.10. The average Bonchev–Trinajstić information content (AvgIpc) is 3.22. The molecule has 1 aromatic heterocycles. The van der Waals surface area contributed by atoms with Crippen LogP contribution in [0.2, 0.25) is 0 Å². The third-order valence-electron chi connectivity index (χ3n) is 4.60. The van der Waals surface area contributed by atoms with E-state index < -0.39 is 16.1 Å². The van der Waals surface area contributed by atoms with Crippen molar-refractivity contribution in [1.82, 2.24) is 19.0 Å². The van der Waals surface area contributed by atoms with Crippen molar-refractivity contribution in [2.24, 2.45) is 0 Å². The van der Waals surface area contributed by atoms with E-state index in [-0.39, 0.29) is 23.9 Å². The lowest BCUT2D eigenvalue weighted by atomic mass is 10.2. The molecule has 146 valence electrons. The Labute approximate surface area is 159 Å². The van der Waals surface area contributed by atoms with Gasteiger partial charge in [0.15, 0.2) is 0 Å². The van der Waals surface area contributed by atoms with Gasteiger partial charge in [0, 0.05) is 38.6 Å². The molecule has 3 rings (SSSR count). The van der Waals surface area contributed by atoms with E-state index in [1.165, 1.54) is 4.31 Å². The van der Waals surface area contributed by atoms with Crippen molar-refractivity contribution in [3.8, 4) is 5.75 Å². The van der Waals surface area contributed by atoms with Crippen LogP contribution in [0.1, 0.15) is 19.9 Å². The number of carbonyl (C=O) groups excluding carboxylic acids is 1. The van der Waals surface area contributed by atoms with Gasteiger partial charge < -0.3 is 9.64 Å². The van der Waals surface area contributed by atoms with Gasteiger partial charge in [-0.15, -0.1) is 0 Å². The van der Waals surface area contributed by atoms with Crippen molar-refractivity contribution in [3.63, 3.8) is 0 Å². The van der Waals surface area contributed by atoms with Gasteiger partial charge >= 0.3 is 0 Å². The minimum absolute atomic E-state index is 0.0585. The summed E-state index contributed by atoms with van der Waals surface area (Å²) in [6.07, 6.45) is 3.38. The zero-order valence-corrected chi connectivity index (χ0v) is 16.3. The number of benzene rings is 1. The van der Waals surface area contributed by atoms with E-state index in [1.807, 2.05) is 6.92 Å². The maximum atomic E-state index is 12.8. The Morgan fingerprint density at radius 3 is 2.41 bits per heavy atom. The van der Waals surface area contributed by atoms with Crippen LogP contribution in [0.5, 0.6) is 5.75 Å². The standard InChI is InChI=1S/C18H24N4O4S/c1-3-26-16-5-7-17(8-6-16)27(24,25)21-13-11-20(12-14-21)18(23)15(2)22-10-4-9-19-22/h4-10,15H,3,11-14H2,1-2H3/t15-/m1/s1. The van der Waals surface area contributed by atoms with Gasteiger partial charge in [0.2, 0.25) is 15.9 Å². The molecule has 0 spiro atoms. The summed E-state index contributed by atoms with van der Waals surface area (Å²) >= 11 is 0. The number of amides is 1. The summed E-state index contributed by atoms with van der Waals surface area (Å²) < 4.78 is 34.0. The minimum atomic E-state index is -3.58. The number of sulfonamides is 1. The first-order chi connectivity index (χ1) is 12.9. The largest absolute Gasteiger partial charge is 0.494 e. The van der Waals surface area contributed by atoms with Crippen LogP contribution >= 0.6 is 0 Å². The van der Waals surface area contributed by atoms with E-state index in [1.54, 1.807) is 59.2 Å². The molecule has 1 saturated heterocycles. The van der Waals surface area contributed by atoms with Crippen molar-refractivity contribution < 1.29 is 17.9 Å². The van der Waals surface area contributed by atoms with E-state index in [0.717, 1.165) is 0 Å². The fourth-order valence-electron chi connectivity index (χ4n) is 3.06. The molecule has 8 nitrogen and oxygen atoms in total. The molecule has 0 radical (unpaired) electrons. The van der Waals surface area contributed by atoms with Crippen molar-refractivity contribution in [2.45, 2.75) is 24.8 Å². The molecule has 1 atom stereocenters. The minimum Gasteiger partial charge on any atom is -0.494 e. The van der Waals surface area contributed by atoms with Gasteiger partial charge in [-0.1, -0.05) is 0 Å². The predicted octanol–water partition coefficient (Wildman–Crippen LogP) is 1.38. The van der Waals surface area contributed by atoms with Crippen LogP contribution in [0.3, 0.4) is 0 Å². The molecule has 9 heteroatoms. The highest BCUT2D eigenvalue weighted by atomic mass is 32.2. The molecule has 0 aliphatic carbocycles. The van der Waals surface area contributed by atoms with E-state index in [4.69, 9.17) is 4.74 Å². The van der Waals surface area contributed by atoms with Crippen LogP contribution < -0.4 is 4.74 Å². The van der Waals surface area contributed by atoms with E-state index in [9.17, 15) is 13.2 Å². The number of hydrogen-bond acceptors (Lipinski definition) is 5. The molecule has 1 aliphatic rings. The molecule has 0 saturated carbocycles. The van der Waals surface area contributed by atoms with Crippen LogP contribution in [0.4, 0.5) is 0 Å². The lowest BCUT2D eigenvalue weighted by Crippen LogP contribution is -2.51. The summed E-state index contributed by atoms with van der Waals surface area (Å²) in [5.74, 6) is 0.580. The fourth-order valence-corrected chi connectivity index (χ4v) is 4.48. The van der Waals surface area contributed by atoms with Gasteiger partial charge in [0.1, 0.15) is 11.8 Å². The van der Waals surface area contributed by atoms with Crippen LogP contribution in [0.15, 0.2) is 47.6 Å². The Morgan fingerprint density at radius 2 is 1.85 bits per heavy atom. The molecular formula is C18H24N4O4S.